The lowest BCUT2D eigenvalue weighted by molar-refractivity contribution is 0.258. The largest absolute Gasteiger partial charge is 0.489 e. The third kappa shape index (κ3) is 4.59. The second kappa shape index (κ2) is 8.67. The number of hydrogen-bond acceptors (Lipinski definition) is 5. The average molecular weight is 404 g/mol. The van der Waals surface area contributed by atoms with Crippen LogP contribution < -0.4 is 16.2 Å². The molecule has 1 aromatic heterocycles. The Bertz CT molecular complexity index is 1230. The molecule has 4 aromatic rings. The maximum atomic E-state index is 11.5. The summed E-state index contributed by atoms with van der Waals surface area (Å²) in [5.41, 5.74) is 4.29. The Balaban J connectivity index is 1.40. The molecule has 30 heavy (non-hydrogen) atoms. The molecule has 7 nitrogen and oxygen atoms in total. The molecule has 0 radical (unpaired) electrons. The standard InChI is InChI=1S/C23H20N2O5/c26-14-17-4-8-19(9-5-17)20-3-1-2-18(12-20)15-29-21-10-6-16(7-11-21)13-25-22(27)24-23(28)30-25/h1-12,26H,13-15H2,(H,24,27,28). The van der Waals surface area contributed by atoms with Crippen molar-refractivity contribution in [1.29, 1.82) is 0 Å². The number of aliphatic hydroxyl groups excluding tert-OH is 1. The fourth-order valence-electron chi connectivity index (χ4n) is 3.08. The molecule has 0 spiro atoms. The summed E-state index contributed by atoms with van der Waals surface area (Å²) >= 11 is 0. The highest BCUT2D eigenvalue weighted by Gasteiger charge is 2.05. The van der Waals surface area contributed by atoms with Crippen molar-refractivity contribution in [2.45, 2.75) is 19.8 Å². The minimum absolute atomic E-state index is 0.0311. The van der Waals surface area contributed by atoms with E-state index in [-0.39, 0.29) is 13.2 Å². The van der Waals surface area contributed by atoms with E-state index in [4.69, 9.17) is 9.26 Å². The molecule has 2 N–H and O–H groups in total. The molecule has 0 unspecified atom stereocenters. The van der Waals surface area contributed by atoms with Gasteiger partial charge in [0.15, 0.2) is 0 Å². The van der Waals surface area contributed by atoms with Crippen LogP contribution in [0.3, 0.4) is 0 Å². The summed E-state index contributed by atoms with van der Waals surface area (Å²) in [6.07, 6.45) is 0. The van der Waals surface area contributed by atoms with E-state index in [1.807, 2.05) is 71.7 Å². The van der Waals surface area contributed by atoms with Gasteiger partial charge in [-0.25, -0.2) is 14.6 Å². The lowest BCUT2D eigenvalue weighted by Crippen LogP contribution is -2.17. The number of nitrogens with one attached hydrogen (secondary N) is 1. The number of nitrogens with zero attached hydrogens (tertiary/aromatic N) is 1. The molecule has 152 valence electrons. The van der Waals surface area contributed by atoms with Crippen molar-refractivity contribution in [3.05, 3.63) is 111 Å². The van der Waals surface area contributed by atoms with Gasteiger partial charge in [-0.15, -0.1) is 4.74 Å². The van der Waals surface area contributed by atoms with E-state index in [1.165, 1.54) is 0 Å². The number of ether oxygens (including phenoxy) is 1. The van der Waals surface area contributed by atoms with Gasteiger partial charge in [-0.3, -0.25) is 0 Å². The molecule has 0 amide bonds. The van der Waals surface area contributed by atoms with Crippen LogP contribution in [0.15, 0.2) is 86.9 Å². The summed E-state index contributed by atoms with van der Waals surface area (Å²) < 4.78 is 11.6. The number of rotatable bonds is 7. The second-order valence-corrected chi connectivity index (χ2v) is 6.83. The van der Waals surface area contributed by atoms with Crippen molar-refractivity contribution in [2.24, 2.45) is 0 Å². The summed E-state index contributed by atoms with van der Waals surface area (Å²) in [6, 6.07) is 23.1. The molecular weight excluding hydrogens is 384 g/mol. The SMILES string of the molecule is O=c1[nH]c(=O)n(Cc2ccc(OCc3cccc(-c4ccc(CO)cc4)c3)cc2)o1. The van der Waals surface area contributed by atoms with Crippen LogP contribution in [0.4, 0.5) is 0 Å². The number of benzene rings is 3. The highest BCUT2D eigenvalue weighted by atomic mass is 16.5. The Hall–Kier alpha value is -3.84. The molecule has 0 saturated carbocycles. The van der Waals surface area contributed by atoms with Gasteiger partial charge in [-0.2, -0.15) is 0 Å². The van der Waals surface area contributed by atoms with E-state index < -0.39 is 11.4 Å². The number of aliphatic hydroxyl groups is 1. The Morgan fingerprint density at radius 3 is 2.27 bits per heavy atom. The van der Waals surface area contributed by atoms with Gasteiger partial charge < -0.3 is 14.4 Å². The van der Waals surface area contributed by atoms with Crippen molar-refractivity contribution >= 4 is 0 Å². The molecule has 0 atom stereocenters. The molecular formula is C23H20N2O5. The zero-order valence-electron chi connectivity index (χ0n) is 16.1. The van der Waals surface area contributed by atoms with Crippen molar-refractivity contribution in [1.82, 2.24) is 9.72 Å². The van der Waals surface area contributed by atoms with E-state index in [0.29, 0.717) is 12.4 Å². The molecule has 1 heterocycles. The smallest absolute Gasteiger partial charge is 0.440 e. The fourth-order valence-corrected chi connectivity index (χ4v) is 3.08. The Kier molecular flexibility index (Phi) is 5.63. The van der Waals surface area contributed by atoms with Crippen molar-refractivity contribution < 1.29 is 14.4 Å². The summed E-state index contributed by atoms with van der Waals surface area (Å²) in [5, 5.41) is 9.18. The number of aromatic amines is 1. The van der Waals surface area contributed by atoms with Crippen molar-refractivity contribution in [2.75, 3.05) is 0 Å². The van der Waals surface area contributed by atoms with Crippen molar-refractivity contribution in [3.63, 3.8) is 0 Å². The van der Waals surface area contributed by atoms with Gasteiger partial charge in [-0.1, -0.05) is 54.6 Å². The third-order valence-corrected chi connectivity index (χ3v) is 4.68. The van der Waals surface area contributed by atoms with Gasteiger partial charge in [0.25, 0.3) is 0 Å². The van der Waals surface area contributed by atoms with E-state index >= 15 is 0 Å². The number of aromatic nitrogens is 2. The predicted molar refractivity (Wildman–Crippen MR) is 111 cm³/mol. The Morgan fingerprint density at radius 2 is 1.60 bits per heavy atom. The first-order valence-electron chi connectivity index (χ1n) is 9.42. The molecule has 7 heteroatoms. The normalized spacial score (nSPS) is 10.8. The minimum Gasteiger partial charge on any atom is -0.489 e. The maximum absolute atomic E-state index is 11.5. The zero-order valence-corrected chi connectivity index (χ0v) is 16.1. The van der Waals surface area contributed by atoms with Crippen LogP contribution in [-0.4, -0.2) is 14.8 Å². The van der Waals surface area contributed by atoms with Crippen LogP contribution in [-0.2, 0) is 19.8 Å². The van der Waals surface area contributed by atoms with Crippen LogP contribution in [0.2, 0.25) is 0 Å². The molecule has 0 aliphatic carbocycles. The van der Waals surface area contributed by atoms with Gasteiger partial charge in [0.05, 0.1) is 13.2 Å². The molecule has 0 fully saturated rings. The summed E-state index contributed by atoms with van der Waals surface area (Å²) in [6.45, 7) is 0.604. The van der Waals surface area contributed by atoms with E-state index in [2.05, 4.69) is 6.07 Å². The third-order valence-electron chi connectivity index (χ3n) is 4.68. The zero-order chi connectivity index (χ0) is 20.9. The Labute approximate surface area is 171 Å². The van der Waals surface area contributed by atoms with Crippen LogP contribution in [0, 0.1) is 0 Å². The first-order valence-corrected chi connectivity index (χ1v) is 9.42. The highest BCUT2D eigenvalue weighted by Crippen LogP contribution is 2.22. The predicted octanol–water partition coefficient (Wildman–Crippen LogP) is 2.92. The lowest BCUT2D eigenvalue weighted by Gasteiger charge is -2.09. The highest BCUT2D eigenvalue weighted by molar-refractivity contribution is 5.64. The van der Waals surface area contributed by atoms with Crippen LogP contribution in [0.1, 0.15) is 16.7 Å². The van der Waals surface area contributed by atoms with E-state index in [0.717, 1.165) is 32.6 Å². The Morgan fingerprint density at radius 1 is 0.867 bits per heavy atom. The van der Waals surface area contributed by atoms with Gasteiger partial charge in [0.2, 0.25) is 0 Å². The van der Waals surface area contributed by atoms with Crippen LogP contribution in [0.5, 0.6) is 5.75 Å². The monoisotopic (exact) mass is 404 g/mol. The van der Waals surface area contributed by atoms with Gasteiger partial charge in [-0.05, 0) is 46.0 Å². The maximum Gasteiger partial charge on any atom is 0.440 e. The summed E-state index contributed by atoms with van der Waals surface area (Å²) in [5.74, 6) is -0.0779. The van der Waals surface area contributed by atoms with Crippen LogP contribution >= 0.6 is 0 Å². The van der Waals surface area contributed by atoms with Crippen molar-refractivity contribution in [3.8, 4) is 16.9 Å². The molecule has 0 aliphatic rings. The molecule has 0 saturated heterocycles. The first kappa shape index (κ1) is 19.5. The molecule has 4 rings (SSSR count). The van der Waals surface area contributed by atoms with Gasteiger partial charge in [0.1, 0.15) is 12.4 Å². The molecule has 0 aliphatic heterocycles. The lowest BCUT2D eigenvalue weighted by atomic mass is 10.0. The van der Waals surface area contributed by atoms with Crippen LogP contribution in [0.25, 0.3) is 11.1 Å². The van der Waals surface area contributed by atoms with Gasteiger partial charge in [0, 0.05) is 0 Å². The first-order chi connectivity index (χ1) is 14.6. The topological polar surface area (TPSA) is 97.5 Å². The van der Waals surface area contributed by atoms with Gasteiger partial charge >= 0.3 is 11.4 Å². The van der Waals surface area contributed by atoms with E-state index in [9.17, 15) is 14.7 Å². The minimum atomic E-state index is -0.772. The number of H-pyrrole nitrogens is 1. The number of hydrogen-bond donors (Lipinski definition) is 2. The fraction of sp³-hybridized carbons (Fsp3) is 0.130. The van der Waals surface area contributed by atoms with E-state index in [1.54, 1.807) is 0 Å². The summed E-state index contributed by atoms with van der Waals surface area (Å²) in [7, 11) is 0. The summed E-state index contributed by atoms with van der Waals surface area (Å²) in [4.78, 5) is 24.6. The average Bonchev–Trinajstić information content (AvgIpc) is 3.10. The second-order valence-electron chi connectivity index (χ2n) is 6.83. The molecule has 3 aromatic carbocycles. The quantitative estimate of drug-likeness (QED) is 0.494. The molecule has 0 bridgehead atoms.